The van der Waals surface area contributed by atoms with Crippen molar-refractivity contribution in [2.75, 3.05) is 26.9 Å². The Labute approximate surface area is 298 Å². The van der Waals surface area contributed by atoms with Crippen molar-refractivity contribution in [3.63, 3.8) is 0 Å². The van der Waals surface area contributed by atoms with Gasteiger partial charge in [-0.05, 0) is 95.9 Å². The molecule has 5 rings (SSSR count). The highest BCUT2D eigenvalue weighted by atomic mass is 79.9. The van der Waals surface area contributed by atoms with Gasteiger partial charge in [-0.2, -0.15) is 0 Å². The molecule has 0 N–H and O–H groups in total. The van der Waals surface area contributed by atoms with Gasteiger partial charge in [-0.15, -0.1) is 0 Å². The van der Waals surface area contributed by atoms with Gasteiger partial charge < -0.3 is 23.7 Å². The Kier molecular flexibility index (Phi) is 11.6. The van der Waals surface area contributed by atoms with E-state index in [0.717, 1.165) is 11.3 Å². The van der Waals surface area contributed by atoms with Crippen molar-refractivity contribution < 1.29 is 37.7 Å². The first-order chi connectivity index (χ1) is 23.5. The molecule has 3 aromatic carbocycles. The van der Waals surface area contributed by atoms with Crippen LogP contribution >= 0.6 is 38.9 Å². The summed E-state index contributed by atoms with van der Waals surface area (Å²) in [7, 11) is 1.26. The number of ether oxygens (including phenoxy) is 5. The lowest BCUT2D eigenvalue weighted by Gasteiger charge is -2.25. The average Bonchev–Trinajstić information content (AvgIpc) is 3.36. The summed E-state index contributed by atoms with van der Waals surface area (Å²) in [5.41, 5.74) is 1.96. The van der Waals surface area contributed by atoms with Crippen LogP contribution in [0.25, 0.3) is 6.08 Å². The number of halogens is 3. The highest BCUT2D eigenvalue weighted by molar-refractivity contribution is 9.10. The van der Waals surface area contributed by atoms with Gasteiger partial charge in [-0.25, -0.2) is 19.0 Å². The normalized spacial score (nSPS) is 14.2. The average molecular weight is 774 g/mol. The minimum Gasteiger partial charge on any atom is -0.490 e. The number of hydrogen-bond acceptors (Lipinski definition) is 10. The summed E-state index contributed by atoms with van der Waals surface area (Å²) in [5, 5.41) is 0.279. The minimum atomic E-state index is -0.916. The van der Waals surface area contributed by atoms with Gasteiger partial charge in [0.05, 0.1) is 51.7 Å². The highest BCUT2D eigenvalue weighted by Gasteiger charge is 2.34. The quantitative estimate of drug-likeness (QED) is 0.164. The summed E-state index contributed by atoms with van der Waals surface area (Å²) in [6.07, 6.45) is 1.67. The number of allylic oxidation sites excluding steroid dienone is 1. The Balaban J connectivity index is 1.57. The van der Waals surface area contributed by atoms with Crippen LogP contribution in [-0.4, -0.2) is 43.4 Å². The van der Waals surface area contributed by atoms with Gasteiger partial charge in [0.2, 0.25) is 0 Å². The number of benzene rings is 3. The zero-order valence-electron chi connectivity index (χ0n) is 26.9. The fourth-order valence-corrected chi connectivity index (χ4v) is 7.15. The fourth-order valence-electron chi connectivity index (χ4n) is 5.12. The third-order valence-corrected chi connectivity index (χ3v) is 9.12. The molecule has 0 amide bonds. The van der Waals surface area contributed by atoms with Gasteiger partial charge in [0.1, 0.15) is 12.4 Å². The molecule has 14 heteroatoms. The van der Waals surface area contributed by atoms with Crippen LogP contribution in [0.2, 0.25) is 5.02 Å². The first-order valence-electron chi connectivity index (χ1n) is 15.1. The van der Waals surface area contributed by atoms with Crippen LogP contribution in [0.1, 0.15) is 43.5 Å². The summed E-state index contributed by atoms with van der Waals surface area (Å²) in [5.74, 6) is -0.594. The van der Waals surface area contributed by atoms with E-state index in [4.69, 9.17) is 30.5 Å². The van der Waals surface area contributed by atoms with Crippen molar-refractivity contribution in [1.29, 1.82) is 0 Å². The number of hydrogen-bond donors (Lipinski definition) is 0. The maximum atomic E-state index is 14.1. The van der Waals surface area contributed by atoms with E-state index >= 15 is 0 Å². The van der Waals surface area contributed by atoms with E-state index in [1.165, 1.54) is 23.8 Å². The number of rotatable bonds is 12. The second-order valence-corrected chi connectivity index (χ2v) is 12.8. The SMILES string of the molecule is CCOC(=O)C1=C(C)N=c2s/c(=C\c3cc(Cl)c(OCc4cccc(F)c4)c(Br)c3)c(=O)n2[C@@H]1c1ccc(OCC(=O)OC)c(OCC)c1. The zero-order chi connectivity index (χ0) is 35.2. The molecule has 0 fully saturated rings. The number of methoxy groups -OCH3 is 1. The van der Waals surface area contributed by atoms with Crippen LogP contribution in [0.3, 0.4) is 0 Å². The smallest absolute Gasteiger partial charge is 0.343 e. The molecular formula is C35H31BrClFN2O8S. The zero-order valence-corrected chi connectivity index (χ0v) is 30.0. The molecule has 1 atom stereocenters. The summed E-state index contributed by atoms with van der Waals surface area (Å²) in [6.45, 7) is 5.34. The van der Waals surface area contributed by atoms with Crippen LogP contribution in [0.4, 0.5) is 4.39 Å². The fraction of sp³-hybridized carbons (Fsp3) is 0.257. The van der Waals surface area contributed by atoms with Gasteiger partial charge >= 0.3 is 11.9 Å². The summed E-state index contributed by atoms with van der Waals surface area (Å²) in [4.78, 5) is 44.2. The Morgan fingerprint density at radius 1 is 1.06 bits per heavy atom. The van der Waals surface area contributed by atoms with E-state index in [-0.39, 0.29) is 48.6 Å². The van der Waals surface area contributed by atoms with Gasteiger partial charge in [-0.1, -0.05) is 41.1 Å². The standard InChI is InChI=1S/C35H31BrClFN2O8S/c1-5-45-27-16-22(10-11-26(27)47-18-29(41)44-4)31-30(34(43)46-6-2)19(3)39-35-40(31)33(42)28(49-35)15-21-13-24(36)32(25(37)14-21)48-17-20-8-7-9-23(38)12-20/h7-16,31H,5-6,17-18H2,1-4H3/b28-15-/t31-/m1/s1. The van der Waals surface area contributed by atoms with Crippen LogP contribution in [0, 0.1) is 5.82 Å². The maximum absolute atomic E-state index is 14.1. The molecule has 1 aromatic heterocycles. The topological polar surface area (TPSA) is 115 Å². The second-order valence-electron chi connectivity index (χ2n) is 10.5. The predicted octanol–water partition coefficient (Wildman–Crippen LogP) is 5.88. The number of esters is 2. The Bertz CT molecular complexity index is 2110. The van der Waals surface area contributed by atoms with E-state index in [9.17, 15) is 18.8 Å². The molecule has 2 heterocycles. The maximum Gasteiger partial charge on any atom is 0.343 e. The molecule has 0 saturated heterocycles. The van der Waals surface area contributed by atoms with Crippen molar-refractivity contribution in [2.24, 2.45) is 4.99 Å². The van der Waals surface area contributed by atoms with E-state index in [1.807, 2.05) is 0 Å². The van der Waals surface area contributed by atoms with Crippen LogP contribution in [0.15, 0.2) is 80.1 Å². The van der Waals surface area contributed by atoms with E-state index in [0.29, 0.717) is 47.7 Å². The molecule has 0 bridgehead atoms. The highest BCUT2D eigenvalue weighted by Crippen LogP contribution is 2.37. The Morgan fingerprint density at radius 3 is 2.55 bits per heavy atom. The second kappa shape index (κ2) is 15.8. The molecule has 0 unspecified atom stereocenters. The number of fused-ring (bicyclic) bond motifs is 1. The molecule has 0 aliphatic carbocycles. The Hall–Kier alpha value is -4.46. The molecule has 1 aliphatic heterocycles. The van der Waals surface area contributed by atoms with Gasteiger partial charge in [-0.3, -0.25) is 9.36 Å². The minimum absolute atomic E-state index is 0.0968. The lowest BCUT2D eigenvalue weighted by molar-refractivity contribution is -0.143. The largest absolute Gasteiger partial charge is 0.490 e. The van der Waals surface area contributed by atoms with Crippen LogP contribution in [-0.2, 0) is 25.7 Å². The number of thiazole rings is 1. The summed E-state index contributed by atoms with van der Waals surface area (Å²) < 4.78 is 43.3. The van der Waals surface area contributed by atoms with Crippen molar-refractivity contribution in [2.45, 2.75) is 33.4 Å². The van der Waals surface area contributed by atoms with Crippen molar-refractivity contribution in [3.05, 3.63) is 118 Å². The van der Waals surface area contributed by atoms with E-state index < -0.39 is 23.5 Å². The van der Waals surface area contributed by atoms with E-state index in [2.05, 4.69) is 25.7 Å². The van der Waals surface area contributed by atoms with Crippen molar-refractivity contribution in [3.8, 4) is 17.2 Å². The third-order valence-electron chi connectivity index (χ3n) is 7.26. The van der Waals surface area contributed by atoms with Gasteiger partial charge in [0.15, 0.2) is 28.7 Å². The number of nitrogens with zero attached hydrogens (tertiary/aromatic N) is 2. The molecule has 0 spiro atoms. The molecule has 10 nitrogen and oxygen atoms in total. The molecule has 49 heavy (non-hydrogen) atoms. The molecule has 256 valence electrons. The molecule has 1 aliphatic rings. The lowest BCUT2D eigenvalue weighted by Crippen LogP contribution is -2.40. The third kappa shape index (κ3) is 8.06. The van der Waals surface area contributed by atoms with Crippen molar-refractivity contribution >= 4 is 56.9 Å². The molecule has 0 radical (unpaired) electrons. The molecular weight excluding hydrogens is 743 g/mol. The first-order valence-corrected chi connectivity index (χ1v) is 17.1. The number of carbonyl (C=O) groups excluding carboxylic acids is 2. The van der Waals surface area contributed by atoms with Crippen LogP contribution in [0.5, 0.6) is 17.2 Å². The lowest BCUT2D eigenvalue weighted by atomic mass is 9.95. The van der Waals surface area contributed by atoms with Crippen molar-refractivity contribution in [1.82, 2.24) is 4.57 Å². The summed E-state index contributed by atoms with van der Waals surface area (Å²) >= 11 is 11.2. The van der Waals surface area contributed by atoms with E-state index in [1.54, 1.807) is 69.3 Å². The molecule has 4 aromatic rings. The monoisotopic (exact) mass is 772 g/mol. The first kappa shape index (κ1) is 35.8. The predicted molar refractivity (Wildman–Crippen MR) is 185 cm³/mol. The summed E-state index contributed by atoms with van der Waals surface area (Å²) in [6, 6.07) is 13.5. The van der Waals surface area contributed by atoms with Gasteiger partial charge in [0, 0.05) is 0 Å². The Morgan fingerprint density at radius 2 is 1.86 bits per heavy atom. The van der Waals surface area contributed by atoms with Crippen LogP contribution < -0.4 is 29.1 Å². The number of carbonyl (C=O) groups is 2. The van der Waals surface area contributed by atoms with Gasteiger partial charge in [0.25, 0.3) is 5.56 Å². The molecule has 0 saturated carbocycles. The number of aromatic nitrogens is 1.